The molecular weight excluding hydrogens is 342 g/mol. The van der Waals surface area contributed by atoms with Crippen molar-refractivity contribution in [3.05, 3.63) is 52.4 Å². The van der Waals surface area contributed by atoms with E-state index in [0.29, 0.717) is 37.7 Å². The molecule has 3 heterocycles. The third kappa shape index (κ3) is 3.32. The molecular formula is C21H23N3O3. The summed E-state index contributed by atoms with van der Waals surface area (Å²) in [5.41, 5.74) is 5.94. The van der Waals surface area contributed by atoms with Crippen LogP contribution in [0.1, 0.15) is 53.5 Å². The molecule has 0 fully saturated rings. The van der Waals surface area contributed by atoms with Gasteiger partial charge < -0.3 is 9.47 Å². The van der Waals surface area contributed by atoms with E-state index in [-0.39, 0.29) is 6.04 Å². The summed E-state index contributed by atoms with van der Waals surface area (Å²) in [7, 11) is 0. The van der Waals surface area contributed by atoms with Crippen LogP contribution in [0.4, 0.5) is 0 Å². The van der Waals surface area contributed by atoms with E-state index in [2.05, 4.69) is 23.9 Å². The van der Waals surface area contributed by atoms with Crippen LogP contribution in [-0.4, -0.2) is 42.1 Å². The average Bonchev–Trinajstić information content (AvgIpc) is 3.35. The second kappa shape index (κ2) is 7.48. The molecule has 2 aromatic rings. The van der Waals surface area contributed by atoms with E-state index in [0.717, 1.165) is 35.1 Å². The summed E-state index contributed by atoms with van der Waals surface area (Å²) in [4.78, 5) is 15.9. The van der Waals surface area contributed by atoms with Crippen molar-refractivity contribution in [1.82, 2.24) is 9.78 Å². The van der Waals surface area contributed by atoms with E-state index in [1.807, 2.05) is 29.1 Å². The summed E-state index contributed by atoms with van der Waals surface area (Å²) < 4.78 is 13.8. The summed E-state index contributed by atoms with van der Waals surface area (Å²) in [6.07, 6.45) is 5.30. The third-order valence-corrected chi connectivity index (χ3v) is 5.04. The molecule has 27 heavy (non-hydrogen) atoms. The van der Waals surface area contributed by atoms with Crippen LogP contribution in [0.2, 0.25) is 0 Å². The van der Waals surface area contributed by atoms with Crippen molar-refractivity contribution >= 4 is 18.1 Å². The minimum Gasteiger partial charge on any atom is -0.488 e. The standard InChI is InChI=1S/C21H23N3O3/c1-14(2)24-20(5-7-23-24)19-13-26-8-6-16(19)12-27-21-4-3-15-9-22-10-17(15)18(21)11-25/h3-5,7,9,11,14H,6,8,10,12-13H2,1-2H3. The lowest BCUT2D eigenvalue weighted by Gasteiger charge is -2.23. The molecule has 4 rings (SSSR count). The van der Waals surface area contributed by atoms with Gasteiger partial charge in [0.25, 0.3) is 0 Å². The molecule has 0 N–H and O–H groups in total. The Morgan fingerprint density at radius 2 is 2.22 bits per heavy atom. The number of carbonyl (C=O) groups is 1. The Hall–Kier alpha value is -2.73. The van der Waals surface area contributed by atoms with Crippen molar-refractivity contribution in [2.45, 2.75) is 32.9 Å². The molecule has 0 saturated carbocycles. The summed E-state index contributed by atoms with van der Waals surface area (Å²) in [6.45, 7) is 6.42. The van der Waals surface area contributed by atoms with E-state index in [1.165, 1.54) is 5.57 Å². The minimum absolute atomic E-state index is 0.268. The monoisotopic (exact) mass is 365 g/mol. The Balaban J connectivity index is 1.62. The molecule has 0 radical (unpaired) electrons. The molecule has 6 heteroatoms. The molecule has 0 aliphatic carbocycles. The fourth-order valence-electron chi connectivity index (χ4n) is 3.61. The second-order valence-corrected chi connectivity index (χ2v) is 7.06. The molecule has 2 aliphatic rings. The predicted molar refractivity (Wildman–Crippen MR) is 104 cm³/mol. The number of ether oxygens (including phenoxy) is 2. The SMILES string of the molecule is CC(C)n1nccc1C1=C(COc2ccc3c(c2C=O)CN=C3)CCOC1. The highest BCUT2D eigenvalue weighted by Gasteiger charge is 2.21. The van der Waals surface area contributed by atoms with Gasteiger partial charge in [-0.3, -0.25) is 14.5 Å². The fraction of sp³-hybridized carbons (Fsp3) is 0.381. The first kappa shape index (κ1) is 17.7. The number of hydrogen-bond acceptors (Lipinski definition) is 5. The van der Waals surface area contributed by atoms with Crippen LogP contribution in [0.3, 0.4) is 0 Å². The number of fused-ring (bicyclic) bond motifs is 1. The van der Waals surface area contributed by atoms with Gasteiger partial charge in [0.15, 0.2) is 6.29 Å². The van der Waals surface area contributed by atoms with Crippen molar-refractivity contribution in [3.63, 3.8) is 0 Å². The number of carbonyl (C=O) groups excluding carboxylic acids is 1. The Kier molecular flexibility index (Phi) is 4.90. The zero-order valence-electron chi connectivity index (χ0n) is 15.6. The Labute approximate surface area is 158 Å². The lowest BCUT2D eigenvalue weighted by atomic mass is 10.0. The van der Waals surface area contributed by atoms with Crippen LogP contribution in [0.15, 0.2) is 35.0 Å². The lowest BCUT2D eigenvalue weighted by molar-refractivity contribution is 0.111. The Morgan fingerprint density at radius 3 is 3.04 bits per heavy atom. The molecule has 6 nitrogen and oxygen atoms in total. The highest BCUT2D eigenvalue weighted by atomic mass is 16.5. The first-order valence-corrected chi connectivity index (χ1v) is 9.25. The van der Waals surface area contributed by atoms with E-state index < -0.39 is 0 Å². The molecule has 0 amide bonds. The van der Waals surface area contributed by atoms with Gasteiger partial charge in [0.05, 0.1) is 31.0 Å². The van der Waals surface area contributed by atoms with Gasteiger partial charge in [-0.05, 0) is 55.2 Å². The maximum absolute atomic E-state index is 11.6. The van der Waals surface area contributed by atoms with Crippen LogP contribution in [0.5, 0.6) is 5.75 Å². The van der Waals surface area contributed by atoms with Gasteiger partial charge >= 0.3 is 0 Å². The molecule has 0 saturated heterocycles. The van der Waals surface area contributed by atoms with Crippen molar-refractivity contribution in [2.75, 3.05) is 19.8 Å². The third-order valence-electron chi connectivity index (χ3n) is 5.04. The Bertz CT molecular complexity index is 925. The van der Waals surface area contributed by atoms with Crippen molar-refractivity contribution < 1.29 is 14.3 Å². The van der Waals surface area contributed by atoms with Crippen molar-refractivity contribution in [3.8, 4) is 5.75 Å². The molecule has 0 spiro atoms. The molecule has 1 aromatic heterocycles. The van der Waals surface area contributed by atoms with Gasteiger partial charge in [0.2, 0.25) is 0 Å². The number of rotatable bonds is 6. The number of benzene rings is 1. The normalized spacial score (nSPS) is 16.1. The van der Waals surface area contributed by atoms with Crippen LogP contribution < -0.4 is 4.74 Å². The maximum atomic E-state index is 11.6. The van der Waals surface area contributed by atoms with Crippen LogP contribution in [-0.2, 0) is 11.3 Å². The summed E-state index contributed by atoms with van der Waals surface area (Å²) in [5.74, 6) is 0.616. The molecule has 0 atom stereocenters. The van der Waals surface area contributed by atoms with Crippen LogP contribution >= 0.6 is 0 Å². The highest BCUT2D eigenvalue weighted by molar-refractivity contribution is 5.92. The number of aromatic nitrogens is 2. The van der Waals surface area contributed by atoms with Gasteiger partial charge in [-0.25, -0.2) is 0 Å². The van der Waals surface area contributed by atoms with Gasteiger partial charge in [0.1, 0.15) is 12.4 Å². The first-order valence-electron chi connectivity index (χ1n) is 9.25. The zero-order valence-corrected chi connectivity index (χ0v) is 15.6. The first-order chi connectivity index (χ1) is 13.2. The quantitative estimate of drug-likeness (QED) is 0.736. The fourth-order valence-corrected chi connectivity index (χ4v) is 3.61. The van der Waals surface area contributed by atoms with Crippen LogP contribution in [0.25, 0.3) is 5.57 Å². The number of nitrogens with zero attached hydrogens (tertiary/aromatic N) is 3. The van der Waals surface area contributed by atoms with E-state index in [1.54, 1.807) is 6.21 Å². The van der Waals surface area contributed by atoms with Gasteiger partial charge in [-0.15, -0.1) is 0 Å². The number of aldehydes is 1. The minimum atomic E-state index is 0.268. The van der Waals surface area contributed by atoms with Gasteiger partial charge in [-0.2, -0.15) is 5.10 Å². The maximum Gasteiger partial charge on any atom is 0.154 e. The van der Waals surface area contributed by atoms with E-state index >= 15 is 0 Å². The number of hydrogen-bond donors (Lipinski definition) is 0. The smallest absolute Gasteiger partial charge is 0.154 e. The van der Waals surface area contributed by atoms with E-state index in [9.17, 15) is 4.79 Å². The van der Waals surface area contributed by atoms with E-state index in [4.69, 9.17) is 9.47 Å². The average molecular weight is 365 g/mol. The van der Waals surface area contributed by atoms with Gasteiger partial charge in [-0.1, -0.05) is 0 Å². The Morgan fingerprint density at radius 1 is 1.33 bits per heavy atom. The topological polar surface area (TPSA) is 65.7 Å². The lowest BCUT2D eigenvalue weighted by Crippen LogP contribution is -2.18. The zero-order chi connectivity index (χ0) is 18.8. The molecule has 1 aromatic carbocycles. The predicted octanol–water partition coefficient (Wildman–Crippen LogP) is 3.46. The summed E-state index contributed by atoms with van der Waals surface area (Å²) >= 11 is 0. The molecule has 0 bridgehead atoms. The van der Waals surface area contributed by atoms with Crippen molar-refractivity contribution in [1.29, 1.82) is 0 Å². The highest BCUT2D eigenvalue weighted by Crippen LogP contribution is 2.30. The molecule has 140 valence electrons. The molecule has 0 unspecified atom stereocenters. The largest absolute Gasteiger partial charge is 0.488 e. The number of aliphatic imine (C=N–C) groups is 1. The summed E-state index contributed by atoms with van der Waals surface area (Å²) in [6, 6.07) is 6.11. The van der Waals surface area contributed by atoms with Crippen molar-refractivity contribution in [2.24, 2.45) is 4.99 Å². The summed E-state index contributed by atoms with van der Waals surface area (Å²) in [5, 5.41) is 4.44. The molecule has 2 aliphatic heterocycles. The van der Waals surface area contributed by atoms with Crippen LogP contribution in [0, 0.1) is 0 Å². The second-order valence-electron chi connectivity index (χ2n) is 7.06. The van der Waals surface area contributed by atoms with Gasteiger partial charge in [0, 0.05) is 24.0 Å².